The van der Waals surface area contributed by atoms with Gasteiger partial charge in [0.25, 0.3) is 0 Å². The van der Waals surface area contributed by atoms with Crippen LogP contribution in [0.15, 0.2) is 0 Å². The van der Waals surface area contributed by atoms with Crippen LogP contribution in [0.1, 0.15) is 20.3 Å². The zero-order chi connectivity index (χ0) is 11.5. The van der Waals surface area contributed by atoms with Gasteiger partial charge in [0, 0.05) is 31.6 Å². The fraction of sp³-hybridized carbons (Fsp3) is 1.00. The van der Waals surface area contributed by atoms with Crippen LogP contribution in [-0.4, -0.2) is 62.3 Å². The van der Waals surface area contributed by atoms with Crippen molar-refractivity contribution >= 4 is 0 Å². The maximum atomic E-state index is 5.76. The molecule has 94 valence electrons. The number of rotatable bonds is 2. The Labute approximate surface area is 99.7 Å². The molecule has 16 heavy (non-hydrogen) atoms. The van der Waals surface area contributed by atoms with E-state index in [2.05, 4.69) is 30.7 Å². The number of piperidine rings is 1. The Kier molecular flexibility index (Phi) is 4.22. The van der Waals surface area contributed by atoms with Gasteiger partial charge >= 0.3 is 0 Å². The molecule has 0 amide bonds. The summed E-state index contributed by atoms with van der Waals surface area (Å²) < 4.78 is 5.76. The molecule has 0 aromatic heterocycles. The van der Waals surface area contributed by atoms with E-state index in [0.717, 1.165) is 37.6 Å². The summed E-state index contributed by atoms with van der Waals surface area (Å²) in [4.78, 5) is 5.12. The van der Waals surface area contributed by atoms with E-state index < -0.39 is 0 Å². The third-order valence-corrected chi connectivity index (χ3v) is 3.82. The van der Waals surface area contributed by atoms with E-state index in [4.69, 9.17) is 4.74 Å². The highest BCUT2D eigenvalue weighted by Gasteiger charge is 2.34. The Morgan fingerprint density at radius 1 is 1.31 bits per heavy atom. The number of hydrogen-bond donors (Lipinski definition) is 0. The molecule has 3 nitrogen and oxygen atoms in total. The summed E-state index contributed by atoms with van der Waals surface area (Å²) in [6.07, 6.45) is 1.32. The molecule has 0 radical (unpaired) electrons. The van der Waals surface area contributed by atoms with Crippen LogP contribution in [-0.2, 0) is 4.74 Å². The first-order valence-corrected chi connectivity index (χ1v) is 6.67. The molecule has 2 heterocycles. The van der Waals surface area contributed by atoms with Gasteiger partial charge in [-0.15, -0.1) is 0 Å². The van der Waals surface area contributed by atoms with Crippen LogP contribution in [0.4, 0.5) is 0 Å². The molecule has 2 saturated heterocycles. The number of hydrogen-bond acceptors (Lipinski definition) is 3. The van der Waals surface area contributed by atoms with Crippen LogP contribution in [0.5, 0.6) is 0 Å². The van der Waals surface area contributed by atoms with Crippen LogP contribution >= 0.6 is 0 Å². The summed E-state index contributed by atoms with van der Waals surface area (Å²) in [6, 6.07) is 0.765. The van der Waals surface area contributed by atoms with Crippen molar-refractivity contribution in [1.29, 1.82) is 0 Å². The SMILES string of the molecule is CC(C)CN1CCOCC2CN(C)CCC21. The molecular weight excluding hydrogens is 200 g/mol. The largest absolute Gasteiger partial charge is 0.380 e. The van der Waals surface area contributed by atoms with Gasteiger partial charge in [0.1, 0.15) is 0 Å². The monoisotopic (exact) mass is 226 g/mol. The molecule has 0 aromatic rings. The van der Waals surface area contributed by atoms with Crippen molar-refractivity contribution in [3.8, 4) is 0 Å². The Morgan fingerprint density at radius 3 is 2.88 bits per heavy atom. The molecule has 3 heteroatoms. The predicted molar refractivity (Wildman–Crippen MR) is 66.6 cm³/mol. The molecule has 2 atom stereocenters. The van der Waals surface area contributed by atoms with E-state index in [0.29, 0.717) is 0 Å². The van der Waals surface area contributed by atoms with E-state index in [1.165, 1.54) is 26.1 Å². The average Bonchev–Trinajstić information content (AvgIpc) is 2.40. The molecule has 2 unspecified atom stereocenters. The fourth-order valence-corrected chi connectivity index (χ4v) is 3.12. The highest BCUT2D eigenvalue weighted by molar-refractivity contribution is 4.88. The number of likely N-dealkylation sites (tertiary alicyclic amines) is 1. The molecule has 2 aliphatic heterocycles. The Hall–Kier alpha value is -0.120. The number of nitrogens with zero attached hydrogens (tertiary/aromatic N) is 2. The average molecular weight is 226 g/mol. The second-order valence-corrected chi connectivity index (χ2v) is 5.84. The molecule has 0 aliphatic carbocycles. The summed E-state index contributed by atoms with van der Waals surface area (Å²) in [7, 11) is 2.23. The maximum Gasteiger partial charge on any atom is 0.0593 e. The third-order valence-electron chi connectivity index (χ3n) is 3.82. The van der Waals surface area contributed by atoms with Gasteiger partial charge in [0.05, 0.1) is 13.2 Å². The second kappa shape index (κ2) is 5.48. The minimum atomic E-state index is 0.722. The molecule has 2 rings (SSSR count). The third kappa shape index (κ3) is 2.96. The van der Waals surface area contributed by atoms with Gasteiger partial charge in [-0.2, -0.15) is 0 Å². The van der Waals surface area contributed by atoms with Gasteiger partial charge in [0.15, 0.2) is 0 Å². The van der Waals surface area contributed by atoms with Crippen molar-refractivity contribution in [3.05, 3.63) is 0 Å². The Morgan fingerprint density at radius 2 is 2.12 bits per heavy atom. The summed E-state index contributed by atoms with van der Waals surface area (Å²) in [5, 5.41) is 0. The van der Waals surface area contributed by atoms with Gasteiger partial charge in [-0.1, -0.05) is 13.8 Å². The van der Waals surface area contributed by atoms with Crippen molar-refractivity contribution in [2.45, 2.75) is 26.3 Å². The topological polar surface area (TPSA) is 15.7 Å². The molecule has 2 aliphatic rings. The van der Waals surface area contributed by atoms with Crippen molar-refractivity contribution in [2.75, 3.05) is 46.4 Å². The summed E-state index contributed by atoms with van der Waals surface area (Å²) in [5.74, 6) is 1.48. The van der Waals surface area contributed by atoms with Crippen LogP contribution in [0.25, 0.3) is 0 Å². The van der Waals surface area contributed by atoms with E-state index in [1.807, 2.05) is 0 Å². The highest BCUT2D eigenvalue weighted by Crippen LogP contribution is 2.24. The summed E-state index contributed by atoms with van der Waals surface area (Å²) in [6.45, 7) is 11.3. The van der Waals surface area contributed by atoms with Crippen LogP contribution in [0.3, 0.4) is 0 Å². The molecule has 0 bridgehead atoms. The Bertz CT molecular complexity index is 220. The quantitative estimate of drug-likeness (QED) is 0.706. The van der Waals surface area contributed by atoms with Gasteiger partial charge in [0.2, 0.25) is 0 Å². The lowest BCUT2D eigenvalue weighted by Crippen LogP contribution is -2.51. The van der Waals surface area contributed by atoms with Crippen molar-refractivity contribution < 1.29 is 4.74 Å². The van der Waals surface area contributed by atoms with E-state index in [-0.39, 0.29) is 0 Å². The molecule has 0 saturated carbocycles. The normalized spacial score (nSPS) is 33.8. The second-order valence-electron chi connectivity index (χ2n) is 5.84. The molecule has 0 spiro atoms. The molecule has 0 aromatic carbocycles. The first kappa shape index (κ1) is 12.3. The Balaban J connectivity index is 2.01. The number of ether oxygens (including phenoxy) is 1. The van der Waals surface area contributed by atoms with Crippen molar-refractivity contribution in [2.24, 2.45) is 11.8 Å². The standard InChI is InChI=1S/C13H26N2O/c1-11(2)8-15-6-7-16-10-12-9-14(3)5-4-13(12)15/h11-13H,4-10H2,1-3H3. The zero-order valence-electron chi connectivity index (χ0n) is 11.0. The van der Waals surface area contributed by atoms with Gasteiger partial charge in [-0.3, -0.25) is 4.90 Å². The number of fused-ring (bicyclic) bond motifs is 1. The first-order chi connectivity index (χ1) is 7.66. The van der Waals surface area contributed by atoms with Gasteiger partial charge in [-0.25, -0.2) is 0 Å². The summed E-state index contributed by atoms with van der Waals surface area (Å²) in [5.41, 5.74) is 0. The van der Waals surface area contributed by atoms with E-state index >= 15 is 0 Å². The summed E-state index contributed by atoms with van der Waals surface area (Å²) >= 11 is 0. The van der Waals surface area contributed by atoms with Crippen molar-refractivity contribution in [3.63, 3.8) is 0 Å². The smallest absolute Gasteiger partial charge is 0.0593 e. The molecular formula is C13H26N2O. The maximum absolute atomic E-state index is 5.76. The lowest BCUT2D eigenvalue weighted by atomic mass is 9.91. The van der Waals surface area contributed by atoms with Gasteiger partial charge in [-0.05, 0) is 25.9 Å². The lowest BCUT2D eigenvalue weighted by Gasteiger charge is -2.41. The van der Waals surface area contributed by atoms with Crippen LogP contribution < -0.4 is 0 Å². The van der Waals surface area contributed by atoms with E-state index in [9.17, 15) is 0 Å². The highest BCUT2D eigenvalue weighted by atomic mass is 16.5. The van der Waals surface area contributed by atoms with Gasteiger partial charge < -0.3 is 9.64 Å². The first-order valence-electron chi connectivity index (χ1n) is 6.67. The fourth-order valence-electron chi connectivity index (χ4n) is 3.12. The lowest BCUT2D eigenvalue weighted by molar-refractivity contribution is 0.0567. The molecule has 0 N–H and O–H groups in total. The van der Waals surface area contributed by atoms with Crippen LogP contribution in [0.2, 0.25) is 0 Å². The minimum absolute atomic E-state index is 0.722. The predicted octanol–water partition coefficient (Wildman–Crippen LogP) is 1.29. The van der Waals surface area contributed by atoms with E-state index in [1.54, 1.807) is 0 Å². The minimum Gasteiger partial charge on any atom is -0.380 e. The zero-order valence-corrected chi connectivity index (χ0v) is 11.0. The van der Waals surface area contributed by atoms with Crippen molar-refractivity contribution in [1.82, 2.24) is 9.80 Å². The molecule has 2 fully saturated rings. The van der Waals surface area contributed by atoms with Crippen LogP contribution in [0, 0.1) is 11.8 Å².